The number of nitrogens with zero attached hydrogens (tertiary/aromatic N) is 5. The predicted molar refractivity (Wildman–Crippen MR) is 248 cm³/mol. The molecule has 1 unspecified atom stereocenters. The van der Waals surface area contributed by atoms with Crippen LogP contribution in [0.4, 0.5) is 11.6 Å². The molecule has 2 heterocycles. The predicted octanol–water partition coefficient (Wildman–Crippen LogP) is 7.83. The van der Waals surface area contributed by atoms with Crippen LogP contribution in [-0.2, 0) is 60.1 Å². The number of aromatic nitrogens is 5. The number of nitrogens with one attached hydrogen (secondary N) is 4. The van der Waals surface area contributed by atoms with Crippen molar-refractivity contribution in [3.63, 3.8) is 0 Å². The van der Waals surface area contributed by atoms with Gasteiger partial charge in [-0.15, -0.1) is 5.10 Å². The number of rotatable bonds is 25. The van der Waals surface area contributed by atoms with E-state index in [1.165, 1.54) is 6.92 Å². The third-order valence-corrected chi connectivity index (χ3v) is 9.70. The number of carbonyl (C=O) groups is 4. The fourth-order valence-electron chi connectivity index (χ4n) is 5.73. The van der Waals surface area contributed by atoms with E-state index in [4.69, 9.17) is 19.4 Å². The molecule has 0 saturated heterocycles. The van der Waals surface area contributed by atoms with Gasteiger partial charge in [-0.3, -0.25) is 19.2 Å². The number of aryl methyl sites for hydroxylation is 3. The largest absolute Gasteiger partial charge is 0.461 e. The van der Waals surface area contributed by atoms with Crippen LogP contribution >= 0.6 is 0 Å². The van der Waals surface area contributed by atoms with Crippen LogP contribution in [0.2, 0.25) is 0 Å². The average molecular weight is 866 g/mol. The smallest absolute Gasteiger partial charge is 0.302 e. The van der Waals surface area contributed by atoms with E-state index in [1.54, 1.807) is 38.3 Å². The third-order valence-electron chi connectivity index (χ3n) is 9.70. The normalized spacial score (nSPS) is 11.5. The van der Waals surface area contributed by atoms with Crippen molar-refractivity contribution in [1.29, 1.82) is 0 Å². The Morgan fingerprint density at radius 2 is 1.45 bits per heavy atom. The summed E-state index contributed by atoms with van der Waals surface area (Å²) in [6.45, 7) is 25.6. The summed E-state index contributed by atoms with van der Waals surface area (Å²) in [6.07, 6.45) is 10.6. The summed E-state index contributed by atoms with van der Waals surface area (Å²) in [5.74, 6) is 0.659. The van der Waals surface area contributed by atoms with Crippen molar-refractivity contribution in [2.75, 3.05) is 37.4 Å². The maximum absolute atomic E-state index is 12.2. The Hall–Kier alpha value is -4.92. The van der Waals surface area contributed by atoms with Crippen molar-refractivity contribution < 1.29 is 28.7 Å². The van der Waals surface area contributed by atoms with Gasteiger partial charge in [0.2, 0.25) is 23.7 Å². The zero-order chi connectivity index (χ0) is 46.7. The number of ether oxygens (including phenoxy) is 2. The van der Waals surface area contributed by atoms with Crippen molar-refractivity contribution in [3.8, 4) is 0 Å². The van der Waals surface area contributed by atoms with Crippen molar-refractivity contribution in [2.45, 2.75) is 159 Å². The zero-order valence-corrected chi connectivity index (χ0v) is 40.2. The highest BCUT2D eigenvalue weighted by Gasteiger charge is 2.24. The van der Waals surface area contributed by atoms with Gasteiger partial charge < -0.3 is 30.7 Å². The van der Waals surface area contributed by atoms with Gasteiger partial charge in [0.25, 0.3) is 0 Å². The number of hydrogen-bond donors (Lipinski definition) is 4. The molecule has 15 nitrogen and oxygen atoms in total. The Kier molecular flexibility index (Phi) is 26.8. The van der Waals surface area contributed by atoms with E-state index >= 15 is 0 Å². The van der Waals surface area contributed by atoms with Crippen LogP contribution in [0, 0.1) is 17.8 Å². The molecule has 1 aromatic carbocycles. The van der Waals surface area contributed by atoms with Crippen LogP contribution in [0.15, 0.2) is 36.5 Å². The minimum Gasteiger partial charge on any atom is -0.461 e. The van der Waals surface area contributed by atoms with E-state index in [0.717, 1.165) is 86.5 Å². The van der Waals surface area contributed by atoms with Gasteiger partial charge in [0.05, 0.1) is 17.8 Å². The molecule has 0 bridgehead atoms. The fraction of sp³-hybridized carbons (Fsp3) is 0.660. The number of hydrogen-bond acceptors (Lipinski definition) is 11. The second-order valence-corrected chi connectivity index (χ2v) is 17.0. The molecular weight excluding hydrogens is 787 g/mol. The lowest BCUT2D eigenvalue weighted by molar-refractivity contribution is -0.142. The molecule has 62 heavy (non-hydrogen) atoms. The topological polar surface area (TPSA) is 191 Å². The maximum atomic E-state index is 12.2. The van der Waals surface area contributed by atoms with Crippen LogP contribution in [0.25, 0.3) is 0 Å². The first-order valence-electron chi connectivity index (χ1n) is 22.5. The van der Waals surface area contributed by atoms with Crippen molar-refractivity contribution >= 4 is 35.3 Å². The Balaban J connectivity index is 0.000000608. The second-order valence-electron chi connectivity index (χ2n) is 17.0. The van der Waals surface area contributed by atoms with E-state index in [-0.39, 0.29) is 48.8 Å². The number of anilines is 2. The molecule has 0 saturated carbocycles. The van der Waals surface area contributed by atoms with Crippen molar-refractivity contribution in [1.82, 2.24) is 35.6 Å². The maximum Gasteiger partial charge on any atom is 0.302 e. The molecule has 348 valence electrons. The van der Waals surface area contributed by atoms with Gasteiger partial charge in [0.1, 0.15) is 12.6 Å². The number of benzene rings is 1. The van der Waals surface area contributed by atoms with Gasteiger partial charge in [0.15, 0.2) is 0 Å². The Morgan fingerprint density at radius 3 is 1.98 bits per heavy atom. The first kappa shape index (κ1) is 55.1. The highest BCUT2D eigenvalue weighted by Crippen LogP contribution is 2.19. The Labute approximate surface area is 372 Å². The monoisotopic (exact) mass is 866 g/mol. The Morgan fingerprint density at radius 1 is 0.839 bits per heavy atom. The number of carbonyl (C=O) groups excluding carboxylic acids is 4. The minimum absolute atomic E-state index is 0.0893. The van der Waals surface area contributed by atoms with Gasteiger partial charge in [-0.05, 0) is 107 Å². The first-order chi connectivity index (χ1) is 29.4. The van der Waals surface area contributed by atoms with Crippen molar-refractivity contribution in [2.24, 2.45) is 17.8 Å². The summed E-state index contributed by atoms with van der Waals surface area (Å²) in [6, 6.07) is 8.32. The summed E-state index contributed by atoms with van der Waals surface area (Å²) in [5.41, 5.74) is 4.63. The van der Waals surface area contributed by atoms with Gasteiger partial charge >= 0.3 is 5.97 Å². The molecular formula is C47H79N9O6. The number of unbranched alkanes of at least 4 members (excludes halogenated alkanes) is 1. The molecule has 1 atom stereocenters. The minimum atomic E-state index is -0.689. The van der Waals surface area contributed by atoms with E-state index in [9.17, 15) is 19.2 Å². The van der Waals surface area contributed by atoms with Crippen LogP contribution in [0.1, 0.15) is 144 Å². The summed E-state index contributed by atoms with van der Waals surface area (Å²) < 4.78 is 12.1. The van der Waals surface area contributed by atoms with E-state index in [0.29, 0.717) is 24.1 Å². The van der Waals surface area contributed by atoms with Crippen molar-refractivity contribution in [3.05, 3.63) is 59.2 Å². The summed E-state index contributed by atoms with van der Waals surface area (Å²) in [4.78, 5) is 56.1. The summed E-state index contributed by atoms with van der Waals surface area (Å²) in [7, 11) is 1.73. The molecule has 0 aliphatic rings. The molecule has 2 aromatic heterocycles. The molecule has 0 fully saturated rings. The lowest BCUT2D eigenvalue weighted by Gasteiger charge is -2.23. The molecule has 3 aromatic rings. The van der Waals surface area contributed by atoms with E-state index in [1.807, 2.05) is 32.4 Å². The molecule has 15 heteroatoms. The second kappa shape index (κ2) is 30.2. The molecule has 0 aliphatic carbocycles. The molecule has 3 rings (SSSR count). The standard InChI is InChI=1S/C26H46N6O.C19H27N3O5.C2H6/c1-20(2)11-13-22-18-23(14-12-21(3)4)29-25(28-22)27-16-9-8-10-24-19-32(31-30-24)26(5,6)15-17-33-7;1-5-16(24)22-18(12(2)3)19(26)20-10-17(25)21-15-8-6-14(7-9-15)11-27-13(4)23;1-2/h18-21H,8-17H2,1-7H3,(H,27,28,29);6-9,12,18H,5,10-11H2,1-4H3,(H,20,26)(H,21,25)(H,22,24);1-2H3. The highest BCUT2D eigenvalue weighted by atomic mass is 16.5. The highest BCUT2D eigenvalue weighted by molar-refractivity contribution is 5.96. The zero-order valence-electron chi connectivity index (χ0n) is 40.2. The lowest BCUT2D eigenvalue weighted by Crippen LogP contribution is -2.50. The van der Waals surface area contributed by atoms with Gasteiger partial charge in [-0.2, -0.15) is 0 Å². The first-order valence-corrected chi connectivity index (χ1v) is 22.5. The number of methoxy groups -OCH3 is 1. The molecule has 3 amide bonds. The van der Waals surface area contributed by atoms with E-state index in [2.05, 4.69) is 85.4 Å². The summed E-state index contributed by atoms with van der Waals surface area (Å²) >= 11 is 0. The van der Waals surface area contributed by atoms with Gasteiger partial charge in [0, 0.05) is 56.9 Å². The average Bonchev–Trinajstić information content (AvgIpc) is 3.73. The molecule has 0 spiro atoms. The molecule has 4 N–H and O–H groups in total. The SMILES string of the molecule is CC.CCC(=O)NC(C(=O)NCC(=O)Nc1ccc(COC(C)=O)cc1)C(C)C.COCCC(C)(C)n1cc(CCCCNc2nc(CCC(C)C)cc(CCC(C)C)n2)nn1. The fourth-order valence-corrected chi connectivity index (χ4v) is 5.73. The van der Waals surface area contributed by atoms with E-state index < -0.39 is 11.9 Å². The number of amides is 3. The molecule has 0 aliphatic heterocycles. The van der Waals surface area contributed by atoms with Gasteiger partial charge in [-0.1, -0.05) is 79.7 Å². The van der Waals surface area contributed by atoms with Crippen LogP contribution < -0.4 is 21.3 Å². The van der Waals surface area contributed by atoms with Crippen LogP contribution in [-0.4, -0.2) is 81.5 Å². The quantitative estimate of drug-likeness (QED) is 0.0480. The summed E-state index contributed by atoms with van der Waals surface area (Å²) in [5, 5.41) is 20.0. The number of esters is 1. The molecule has 0 radical (unpaired) electrons. The van der Waals surface area contributed by atoms with Crippen LogP contribution in [0.3, 0.4) is 0 Å². The third kappa shape index (κ3) is 23.3. The van der Waals surface area contributed by atoms with Crippen LogP contribution in [0.5, 0.6) is 0 Å². The lowest BCUT2D eigenvalue weighted by atomic mass is 10.0. The van der Waals surface area contributed by atoms with Gasteiger partial charge in [-0.25, -0.2) is 14.6 Å². The Bertz CT molecular complexity index is 1710.